The van der Waals surface area contributed by atoms with E-state index in [2.05, 4.69) is 31.1 Å². The zero-order valence-corrected chi connectivity index (χ0v) is 11.3. The molecular weight excluding hydrogens is 196 g/mol. The van der Waals surface area contributed by atoms with Crippen LogP contribution in [0.25, 0.3) is 0 Å². The highest BCUT2D eigenvalue weighted by atomic mass is 15.1. The third kappa shape index (κ3) is 3.21. The van der Waals surface area contributed by atoms with E-state index in [0.29, 0.717) is 5.41 Å². The molecule has 2 aliphatic rings. The van der Waals surface area contributed by atoms with Gasteiger partial charge in [0.2, 0.25) is 0 Å². The van der Waals surface area contributed by atoms with Crippen LogP contribution in [0.2, 0.25) is 0 Å². The molecule has 1 aliphatic carbocycles. The summed E-state index contributed by atoms with van der Waals surface area (Å²) in [6.45, 7) is 8.61. The molecule has 1 saturated carbocycles. The largest absolute Gasteiger partial charge is 0.314 e. The quantitative estimate of drug-likeness (QED) is 0.772. The van der Waals surface area contributed by atoms with Gasteiger partial charge < -0.3 is 10.2 Å². The van der Waals surface area contributed by atoms with Gasteiger partial charge in [-0.05, 0) is 77.0 Å². The van der Waals surface area contributed by atoms with Crippen molar-refractivity contribution in [3.8, 4) is 0 Å². The highest BCUT2D eigenvalue weighted by Crippen LogP contribution is 2.47. The fraction of sp³-hybridized carbons (Fsp3) is 1.00. The molecule has 2 rings (SSSR count). The summed E-state index contributed by atoms with van der Waals surface area (Å²) in [4.78, 5) is 2.46. The number of nitrogens with one attached hydrogen (secondary N) is 1. The Morgan fingerprint density at radius 1 is 1.31 bits per heavy atom. The monoisotopic (exact) mass is 224 g/mol. The van der Waals surface area contributed by atoms with Crippen molar-refractivity contribution in [2.24, 2.45) is 11.3 Å². The highest BCUT2D eigenvalue weighted by molar-refractivity contribution is 4.96. The lowest BCUT2D eigenvalue weighted by molar-refractivity contribution is 0.209. The summed E-state index contributed by atoms with van der Waals surface area (Å²) in [7, 11) is 2.24. The summed E-state index contributed by atoms with van der Waals surface area (Å²) >= 11 is 0. The molecule has 0 radical (unpaired) electrons. The maximum absolute atomic E-state index is 3.73. The molecule has 0 bridgehead atoms. The number of hydrogen-bond donors (Lipinski definition) is 1. The summed E-state index contributed by atoms with van der Waals surface area (Å²) in [6.07, 6.45) is 7.05. The normalized spacial score (nSPS) is 27.9. The average molecular weight is 224 g/mol. The average Bonchev–Trinajstić information content (AvgIpc) is 3.01. The molecule has 2 heteroatoms. The minimum atomic E-state index is 0.632. The molecule has 0 aromatic heterocycles. The third-order valence-electron chi connectivity index (χ3n) is 4.93. The first-order valence-electron chi connectivity index (χ1n) is 7.02. The van der Waals surface area contributed by atoms with Gasteiger partial charge in [0.05, 0.1) is 0 Å². The summed E-state index contributed by atoms with van der Waals surface area (Å²) < 4.78 is 0. The van der Waals surface area contributed by atoms with Crippen molar-refractivity contribution < 1.29 is 0 Å². The van der Waals surface area contributed by atoms with Crippen LogP contribution in [0.5, 0.6) is 0 Å². The zero-order valence-electron chi connectivity index (χ0n) is 11.3. The molecule has 1 aliphatic heterocycles. The van der Waals surface area contributed by atoms with Crippen LogP contribution in [0.4, 0.5) is 0 Å². The van der Waals surface area contributed by atoms with Gasteiger partial charge >= 0.3 is 0 Å². The molecule has 1 atom stereocenters. The maximum Gasteiger partial charge on any atom is 0.00925 e. The van der Waals surface area contributed by atoms with Gasteiger partial charge in [-0.25, -0.2) is 0 Å². The van der Waals surface area contributed by atoms with Gasteiger partial charge in [0, 0.05) is 6.04 Å². The van der Waals surface area contributed by atoms with Gasteiger partial charge in [0.15, 0.2) is 0 Å². The summed E-state index contributed by atoms with van der Waals surface area (Å²) in [6, 6.07) is 0.721. The highest BCUT2D eigenvalue weighted by Gasteiger charge is 2.42. The molecule has 0 aromatic rings. The third-order valence-corrected chi connectivity index (χ3v) is 4.93. The molecule has 0 amide bonds. The second-order valence-corrected chi connectivity index (χ2v) is 6.37. The molecule has 1 heterocycles. The van der Waals surface area contributed by atoms with Gasteiger partial charge in [0.1, 0.15) is 0 Å². The van der Waals surface area contributed by atoms with E-state index < -0.39 is 0 Å². The van der Waals surface area contributed by atoms with E-state index in [1.165, 1.54) is 51.7 Å². The zero-order chi connectivity index (χ0) is 11.6. The van der Waals surface area contributed by atoms with Crippen LogP contribution in [0.3, 0.4) is 0 Å². The minimum absolute atomic E-state index is 0.632. The second kappa shape index (κ2) is 5.05. The van der Waals surface area contributed by atoms with E-state index in [1.54, 1.807) is 0 Å². The molecule has 94 valence electrons. The topological polar surface area (TPSA) is 15.3 Å². The van der Waals surface area contributed by atoms with Gasteiger partial charge in [-0.1, -0.05) is 6.92 Å². The fourth-order valence-electron chi connectivity index (χ4n) is 2.73. The van der Waals surface area contributed by atoms with Crippen molar-refractivity contribution in [1.82, 2.24) is 10.2 Å². The van der Waals surface area contributed by atoms with Crippen molar-refractivity contribution in [2.75, 3.05) is 26.7 Å². The molecule has 2 fully saturated rings. The predicted molar refractivity (Wildman–Crippen MR) is 69.6 cm³/mol. The first-order valence-corrected chi connectivity index (χ1v) is 7.02. The Balaban J connectivity index is 1.57. The van der Waals surface area contributed by atoms with E-state index in [9.17, 15) is 0 Å². The van der Waals surface area contributed by atoms with E-state index in [-0.39, 0.29) is 0 Å². The van der Waals surface area contributed by atoms with E-state index >= 15 is 0 Å². The number of rotatable bonds is 5. The molecule has 1 saturated heterocycles. The molecule has 0 aromatic carbocycles. The molecule has 0 spiro atoms. The van der Waals surface area contributed by atoms with Crippen molar-refractivity contribution in [1.29, 1.82) is 0 Å². The molecule has 1 N–H and O–H groups in total. The van der Waals surface area contributed by atoms with Crippen molar-refractivity contribution in [2.45, 2.75) is 52.0 Å². The number of hydrogen-bond acceptors (Lipinski definition) is 2. The van der Waals surface area contributed by atoms with Gasteiger partial charge in [-0.3, -0.25) is 0 Å². The number of likely N-dealkylation sites (tertiary alicyclic amines) is 1. The van der Waals surface area contributed by atoms with Crippen molar-refractivity contribution in [3.05, 3.63) is 0 Å². The molecule has 16 heavy (non-hydrogen) atoms. The van der Waals surface area contributed by atoms with Crippen LogP contribution in [-0.4, -0.2) is 37.6 Å². The summed E-state index contributed by atoms with van der Waals surface area (Å²) in [5, 5.41) is 3.73. The second-order valence-electron chi connectivity index (χ2n) is 6.37. The van der Waals surface area contributed by atoms with Crippen LogP contribution in [0, 0.1) is 11.3 Å². The Morgan fingerprint density at radius 2 is 1.94 bits per heavy atom. The lowest BCUT2D eigenvalue weighted by atomic mass is 9.93. The minimum Gasteiger partial charge on any atom is -0.314 e. The van der Waals surface area contributed by atoms with Crippen molar-refractivity contribution >= 4 is 0 Å². The smallest absolute Gasteiger partial charge is 0.00925 e. The van der Waals surface area contributed by atoms with Crippen LogP contribution in [0.15, 0.2) is 0 Å². The summed E-state index contributed by atoms with van der Waals surface area (Å²) in [5.41, 5.74) is 0.632. The first kappa shape index (κ1) is 12.4. The Kier molecular flexibility index (Phi) is 3.91. The number of piperidine rings is 1. The van der Waals surface area contributed by atoms with Gasteiger partial charge in [0.25, 0.3) is 0 Å². The standard InChI is InChI=1S/C14H28N2/c1-12(14(2)7-8-14)15-9-4-13-5-10-16(3)11-6-13/h12-13,15H,4-11H2,1-3H3. The van der Waals surface area contributed by atoms with Crippen LogP contribution < -0.4 is 5.32 Å². The van der Waals surface area contributed by atoms with E-state index in [1.807, 2.05) is 0 Å². The number of nitrogens with zero attached hydrogens (tertiary/aromatic N) is 1. The lowest BCUT2D eigenvalue weighted by Gasteiger charge is -2.29. The first-order chi connectivity index (χ1) is 7.60. The Labute approximate surface area is 101 Å². The molecular formula is C14H28N2. The lowest BCUT2D eigenvalue weighted by Crippen LogP contribution is -2.36. The Morgan fingerprint density at radius 3 is 2.50 bits per heavy atom. The molecule has 1 unspecified atom stereocenters. The molecule has 2 nitrogen and oxygen atoms in total. The Hall–Kier alpha value is -0.0800. The van der Waals surface area contributed by atoms with Crippen LogP contribution >= 0.6 is 0 Å². The predicted octanol–water partition coefficient (Wildman–Crippen LogP) is 2.50. The van der Waals surface area contributed by atoms with Crippen molar-refractivity contribution in [3.63, 3.8) is 0 Å². The van der Waals surface area contributed by atoms with E-state index in [4.69, 9.17) is 0 Å². The Bertz CT molecular complexity index is 215. The van der Waals surface area contributed by atoms with Crippen LogP contribution in [0.1, 0.15) is 46.0 Å². The summed E-state index contributed by atoms with van der Waals surface area (Å²) in [5.74, 6) is 0.975. The van der Waals surface area contributed by atoms with Gasteiger partial charge in [-0.2, -0.15) is 0 Å². The van der Waals surface area contributed by atoms with E-state index in [0.717, 1.165) is 12.0 Å². The van der Waals surface area contributed by atoms with Gasteiger partial charge in [-0.15, -0.1) is 0 Å². The van der Waals surface area contributed by atoms with Crippen LogP contribution in [-0.2, 0) is 0 Å². The fourth-order valence-corrected chi connectivity index (χ4v) is 2.73. The SMILES string of the molecule is CC(NCCC1CCN(C)CC1)C1(C)CC1. The maximum atomic E-state index is 3.73.